The van der Waals surface area contributed by atoms with Gasteiger partial charge in [0, 0.05) is 6.61 Å². The molecule has 3 nitrogen and oxygen atoms in total. The molecule has 0 aliphatic carbocycles. The van der Waals surface area contributed by atoms with Gasteiger partial charge in [-0.2, -0.15) is 0 Å². The summed E-state index contributed by atoms with van der Waals surface area (Å²) in [5.41, 5.74) is 2.62. The molecule has 26 heavy (non-hydrogen) atoms. The molecule has 0 heterocycles. The fourth-order valence-electron chi connectivity index (χ4n) is 2.43. The molecule has 2 unspecified atom stereocenters. The van der Waals surface area contributed by atoms with Gasteiger partial charge in [0.05, 0.1) is 0 Å². The molecule has 2 aromatic rings. The van der Waals surface area contributed by atoms with E-state index in [1.807, 2.05) is 38.1 Å². The summed E-state index contributed by atoms with van der Waals surface area (Å²) in [6.45, 7) is 13.2. The minimum absolute atomic E-state index is 0.181. The largest absolute Gasteiger partial charge is 0.508 e. The number of ether oxygens (including phenoxy) is 2. The zero-order chi connectivity index (χ0) is 19.5. The molecule has 2 aromatic carbocycles. The first kappa shape index (κ1) is 22.0. The predicted octanol–water partition coefficient (Wildman–Crippen LogP) is 6.48. The summed E-state index contributed by atoms with van der Waals surface area (Å²) in [5, 5.41) is 9.01. The van der Waals surface area contributed by atoms with Crippen molar-refractivity contribution in [2.24, 2.45) is 0 Å². The van der Waals surface area contributed by atoms with Gasteiger partial charge in [0.1, 0.15) is 11.5 Å². The molecule has 1 N–H and O–H groups in total. The normalized spacial score (nSPS) is 12.9. The smallest absolute Gasteiger partial charge is 0.196 e. The summed E-state index contributed by atoms with van der Waals surface area (Å²) in [6.07, 6.45) is 0.963. The lowest BCUT2D eigenvalue weighted by Crippen LogP contribution is -2.15. The van der Waals surface area contributed by atoms with Gasteiger partial charge in [-0.25, -0.2) is 0 Å². The molecular weight excluding hydrogens is 324 g/mol. The molecule has 3 heteroatoms. The molecule has 0 amide bonds. The van der Waals surface area contributed by atoms with Crippen molar-refractivity contribution in [3.63, 3.8) is 0 Å². The Balaban J connectivity index is 0.000000273. The lowest BCUT2D eigenvalue weighted by Gasteiger charge is -2.14. The molecule has 2 rings (SSSR count). The minimum Gasteiger partial charge on any atom is -0.508 e. The minimum atomic E-state index is -0.181. The van der Waals surface area contributed by atoms with Crippen molar-refractivity contribution in [3.8, 4) is 11.5 Å². The molecule has 2 atom stereocenters. The Morgan fingerprint density at radius 2 is 1.35 bits per heavy atom. The average molecular weight is 359 g/mol. The summed E-state index contributed by atoms with van der Waals surface area (Å²) < 4.78 is 10.9. The van der Waals surface area contributed by atoms with E-state index < -0.39 is 0 Å². The van der Waals surface area contributed by atoms with Gasteiger partial charge in [-0.1, -0.05) is 52.0 Å². The van der Waals surface area contributed by atoms with Gasteiger partial charge in [-0.15, -0.1) is 0 Å². The first-order chi connectivity index (χ1) is 12.4. The summed E-state index contributed by atoms with van der Waals surface area (Å²) in [6, 6.07) is 15.6. The van der Waals surface area contributed by atoms with Crippen LogP contribution in [0.4, 0.5) is 0 Å². The van der Waals surface area contributed by atoms with E-state index >= 15 is 0 Å². The number of phenols is 1. The predicted molar refractivity (Wildman–Crippen MR) is 109 cm³/mol. The van der Waals surface area contributed by atoms with Crippen LogP contribution < -0.4 is 4.74 Å². The van der Waals surface area contributed by atoms with E-state index in [0.29, 0.717) is 24.2 Å². The molecule has 144 valence electrons. The van der Waals surface area contributed by atoms with Gasteiger partial charge in [0.25, 0.3) is 0 Å². The van der Waals surface area contributed by atoms with Gasteiger partial charge in [0.15, 0.2) is 6.29 Å². The van der Waals surface area contributed by atoms with E-state index in [1.54, 1.807) is 12.1 Å². The van der Waals surface area contributed by atoms with Gasteiger partial charge < -0.3 is 14.6 Å². The zero-order valence-corrected chi connectivity index (χ0v) is 17.0. The maximum Gasteiger partial charge on any atom is 0.196 e. The summed E-state index contributed by atoms with van der Waals surface area (Å²) in [7, 11) is 0. The van der Waals surface area contributed by atoms with Crippen LogP contribution in [0.2, 0.25) is 0 Å². The number of aromatic hydroxyl groups is 1. The second kappa shape index (κ2) is 11.6. The summed E-state index contributed by atoms with van der Waals surface area (Å²) in [5.74, 6) is 2.36. The maximum atomic E-state index is 9.01. The third kappa shape index (κ3) is 7.92. The Kier molecular flexibility index (Phi) is 9.82. The molecule has 0 spiro atoms. The molecule has 0 aromatic heterocycles. The molecule has 0 bridgehead atoms. The monoisotopic (exact) mass is 358 g/mol. The van der Waals surface area contributed by atoms with Crippen molar-refractivity contribution in [1.29, 1.82) is 0 Å². The highest BCUT2D eigenvalue weighted by molar-refractivity contribution is 5.29. The first-order valence-electron chi connectivity index (χ1n) is 9.54. The Labute approximate surface area is 159 Å². The lowest BCUT2D eigenvalue weighted by atomic mass is 9.99. The number of benzene rings is 2. The van der Waals surface area contributed by atoms with Crippen LogP contribution in [-0.2, 0) is 4.74 Å². The Morgan fingerprint density at radius 3 is 1.81 bits per heavy atom. The quantitative estimate of drug-likeness (QED) is 0.576. The van der Waals surface area contributed by atoms with Crippen LogP contribution in [0.25, 0.3) is 0 Å². The molecule has 0 radical (unpaired) electrons. The van der Waals surface area contributed by atoms with Gasteiger partial charge in [-0.05, 0) is 67.5 Å². The van der Waals surface area contributed by atoms with Crippen molar-refractivity contribution in [3.05, 3.63) is 59.7 Å². The van der Waals surface area contributed by atoms with Crippen LogP contribution >= 0.6 is 0 Å². The Hall–Kier alpha value is -2.00. The second-order valence-corrected chi connectivity index (χ2v) is 6.77. The SMILES string of the molecule is CCC(C)c1ccc(O)cc1.CCOC(C)Oc1ccc(C(C)C)cc1. The fraction of sp³-hybridized carbons (Fsp3) is 0.478. The number of rotatable bonds is 7. The van der Waals surface area contributed by atoms with E-state index in [1.165, 1.54) is 11.1 Å². The van der Waals surface area contributed by atoms with Gasteiger partial charge >= 0.3 is 0 Å². The second-order valence-electron chi connectivity index (χ2n) is 6.77. The average Bonchev–Trinajstić information content (AvgIpc) is 2.63. The van der Waals surface area contributed by atoms with Gasteiger partial charge in [-0.3, -0.25) is 0 Å². The van der Waals surface area contributed by atoms with E-state index in [9.17, 15) is 0 Å². The topological polar surface area (TPSA) is 38.7 Å². The third-order valence-electron chi connectivity index (χ3n) is 4.32. The van der Waals surface area contributed by atoms with Crippen LogP contribution in [0.3, 0.4) is 0 Å². The Morgan fingerprint density at radius 1 is 0.808 bits per heavy atom. The number of hydrogen-bond donors (Lipinski definition) is 1. The molecule has 0 aliphatic rings. The van der Waals surface area contributed by atoms with Crippen molar-refractivity contribution < 1.29 is 14.6 Å². The number of phenolic OH excluding ortho intramolecular Hbond substituents is 1. The van der Waals surface area contributed by atoms with Crippen molar-refractivity contribution in [2.75, 3.05) is 6.61 Å². The van der Waals surface area contributed by atoms with E-state index in [4.69, 9.17) is 14.6 Å². The van der Waals surface area contributed by atoms with Gasteiger partial charge in [0.2, 0.25) is 0 Å². The summed E-state index contributed by atoms with van der Waals surface area (Å²) >= 11 is 0. The molecule has 0 fully saturated rings. The highest BCUT2D eigenvalue weighted by Crippen LogP contribution is 2.21. The van der Waals surface area contributed by atoms with Crippen LogP contribution in [0.1, 0.15) is 70.9 Å². The molecule has 0 saturated carbocycles. The van der Waals surface area contributed by atoms with E-state index in [0.717, 1.165) is 12.2 Å². The summed E-state index contributed by atoms with van der Waals surface area (Å²) in [4.78, 5) is 0. The standard InChI is InChI=1S/C13H20O2.C10H14O/c1-5-14-11(4)15-13-8-6-12(7-9-13)10(2)3;1-3-8(2)9-4-6-10(11)7-5-9/h6-11H,5H2,1-4H3;4-8,11H,3H2,1-2H3. The van der Waals surface area contributed by atoms with Crippen molar-refractivity contribution in [1.82, 2.24) is 0 Å². The molecule has 0 aliphatic heterocycles. The molecule has 0 saturated heterocycles. The van der Waals surface area contributed by atoms with E-state index in [-0.39, 0.29) is 6.29 Å². The van der Waals surface area contributed by atoms with Crippen molar-refractivity contribution >= 4 is 0 Å². The number of hydrogen-bond acceptors (Lipinski definition) is 3. The van der Waals surface area contributed by atoms with E-state index in [2.05, 4.69) is 39.8 Å². The van der Waals surface area contributed by atoms with Crippen LogP contribution in [0.5, 0.6) is 11.5 Å². The fourth-order valence-corrected chi connectivity index (χ4v) is 2.43. The maximum absolute atomic E-state index is 9.01. The van der Waals surface area contributed by atoms with Crippen LogP contribution in [-0.4, -0.2) is 18.0 Å². The third-order valence-corrected chi connectivity index (χ3v) is 4.32. The Bertz CT molecular complexity index is 602. The first-order valence-corrected chi connectivity index (χ1v) is 9.54. The molecular formula is C23H34O3. The van der Waals surface area contributed by atoms with Crippen molar-refractivity contribution in [2.45, 2.75) is 66.1 Å². The highest BCUT2D eigenvalue weighted by Gasteiger charge is 2.04. The lowest BCUT2D eigenvalue weighted by molar-refractivity contribution is -0.0613. The van der Waals surface area contributed by atoms with Crippen LogP contribution in [0, 0.1) is 0 Å². The van der Waals surface area contributed by atoms with Crippen LogP contribution in [0.15, 0.2) is 48.5 Å². The highest BCUT2D eigenvalue weighted by atomic mass is 16.7. The zero-order valence-electron chi connectivity index (χ0n) is 17.0.